The molecule has 1 heterocycles. The molecule has 19 heavy (non-hydrogen) atoms. The number of fused-ring (bicyclic) bond motifs is 5. The number of hydrogen-bond acceptors (Lipinski definition) is 2. The third kappa shape index (κ3) is 1.70. The van der Waals surface area contributed by atoms with Crippen molar-refractivity contribution in [2.24, 2.45) is 29.6 Å². The van der Waals surface area contributed by atoms with Crippen LogP contribution in [0.2, 0.25) is 0 Å². The second-order valence-electron chi connectivity index (χ2n) is 6.69. The van der Waals surface area contributed by atoms with E-state index in [2.05, 4.69) is 16.5 Å². The molecule has 3 fully saturated rings. The molecule has 0 aliphatic heterocycles. The molecule has 3 saturated carbocycles. The summed E-state index contributed by atoms with van der Waals surface area (Å²) in [6.45, 7) is 3.14. The molecule has 3 nitrogen and oxygen atoms in total. The summed E-state index contributed by atoms with van der Waals surface area (Å²) in [5.41, 5.74) is 0. The summed E-state index contributed by atoms with van der Waals surface area (Å²) in [6.07, 6.45) is 9.68. The maximum Gasteiger partial charge on any atom is 0.144 e. The first-order valence-corrected chi connectivity index (χ1v) is 7.82. The molecule has 0 saturated heterocycles. The summed E-state index contributed by atoms with van der Waals surface area (Å²) in [5.74, 6) is 5.15. The molecule has 4 rings (SSSR count). The standard InChI is InChI=1S/C16H22N2O/c1-2-6-18-7-5-17-13(18)9-12(19)16-14-10-3-4-11(8-10)15(14)16/h5,7,10-11,14-16H,2-4,6,8-9H2,1H3. The second kappa shape index (κ2) is 4.19. The summed E-state index contributed by atoms with van der Waals surface area (Å²) < 4.78 is 2.14. The Morgan fingerprint density at radius 2 is 2.11 bits per heavy atom. The third-order valence-corrected chi connectivity index (χ3v) is 5.71. The number of carbonyl (C=O) groups excluding carboxylic acids is 1. The molecule has 4 unspecified atom stereocenters. The van der Waals surface area contributed by atoms with Crippen molar-refractivity contribution in [2.45, 2.75) is 45.6 Å². The maximum atomic E-state index is 12.5. The normalized spacial score (nSPS) is 38.5. The predicted octanol–water partition coefficient (Wildman–Crippen LogP) is 2.70. The summed E-state index contributed by atoms with van der Waals surface area (Å²) in [7, 11) is 0. The van der Waals surface area contributed by atoms with Gasteiger partial charge in [0, 0.05) is 24.9 Å². The van der Waals surface area contributed by atoms with Crippen LogP contribution in [0, 0.1) is 29.6 Å². The maximum absolute atomic E-state index is 12.5. The minimum atomic E-state index is 0.401. The molecule has 1 aromatic rings. The molecule has 0 aromatic carbocycles. The zero-order valence-corrected chi connectivity index (χ0v) is 11.6. The zero-order chi connectivity index (χ0) is 13.0. The van der Waals surface area contributed by atoms with Gasteiger partial charge in [-0.3, -0.25) is 4.79 Å². The molecule has 0 radical (unpaired) electrons. The van der Waals surface area contributed by atoms with E-state index in [1.165, 1.54) is 19.3 Å². The van der Waals surface area contributed by atoms with E-state index >= 15 is 0 Å². The molecule has 3 heteroatoms. The number of rotatable bonds is 5. The van der Waals surface area contributed by atoms with Crippen molar-refractivity contribution in [2.75, 3.05) is 0 Å². The van der Waals surface area contributed by atoms with Gasteiger partial charge in [0.25, 0.3) is 0 Å². The Hall–Kier alpha value is -1.12. The Morgan fingerprint density at radius 3 is 2.79 bits per heavy atom. The van der Waals surface area contributed by atoms with Gasteiger partial charge in [0.1, 0.15) is 11.6 Å². The van der Waals surface area contributed by atoms with Gasteiger partial charge in [0.2, 0.25) is 0 Å². The lowest BCUT2D eigenvalue weighted by Gasteiger charge is -2.09. The van der Waals surface area contributed by atoms with Crippen LogP contribution in [-0.4, -0.2) is 15.3 Å². The number of aromatic nitrogens is 2. The first kappa shape index (κ1) is 11.7. The average molecular weight is 258 g/mol. The third-order valence-electron chi connectivity index (χ3n) is 5.71. The topological polar surface area (TPSA) is 34.9 Å². The number of Topliss-reactive ketones (excluding diaryl/α,β-unsaturated/α-hetero) is 1. The van der Waals surface area contributed by atoms with Gasteiger partial charge >= 0.3 is 0 Å². The van der Waals surface area contributed by atoms with Crippen molar-refractivity contribution < 1.29 is 4.79 Å². The predicted molar refractivity (Wildman–Crippen MR) is 72.5 cm³/mol. The van der Waals surface area contributed by atoms with Crippen LogP contribution in [-0.2, 0) is 17.8 Å². The Balaban J connectivity index is 1.44. The highest BCUT2D eigenvalue weighted by Crippen LogP contribution is 2.69. The van der Waals surface area contributed by atoms with E-state index in [0.29, 0.717) is 18.1 Å². The first-order chi connectivity index (χ1) is 9.29. The minimum Gasteiger partial charge on any atom is -0.335 e. The molecule has 1 aromatic heterocycles. The van der Waals surface area contributed by atoms with Crippen molar-refractivity contribution in [3.05, 3.63) is 18.2 Å². The lowest BCUT2D eigenvalue weighted by Crippen LogP contribution is -2.15. The van der Waals surface area contributed by atoms with E-state index in [4.69, 9.17) is 0 Å². The molecule has 2 bridgehead atoms. The van der Waals surface area contributed by atoms with E-state index in [-0.39, 0.29) is 0 Å². The lowest BCUT2D eigenvalue weighted by molar-refractivity contribution is -0.120. The van der Waals surface area contributed by atoms with Crippen LogP contribution >= 0.6 is 0 Å². The van der Waals surface area contributed by atoms with Gasteiger partial charge in [-0.2, -0.15) is 0 Å². The smallest absolute Gasteiger partial charge is 0.144 e. The second-order valence-corrected chi connectivity index (χ2v) is 6.69. The van der Waals surface area contributed by atoms with Gasteiger partial charge in [-0.05, 0) is 49.4 Å². The number of hydrogen-bond donors (Lipinski definition) is 0. The zero-order valence-electron chi connectivity index (χ0n) is 11.6. The molecule has 4 atom stereocenters. The van der Waals surface area contributed by atoms with Gasteiger partial charge in [0.15, 0.2) is 0 Å². The number of carbonyl (C=O) groups is 1. The van der Waals surface area contributed by atoms with E-state index in [1.807, 2.05) is 12.4 Å². The summed E-state index contributed by atoms with van der Waals surface area (Å²) in [6, 6.07) is 0. The van der Waals surface area contributed by atoms with Crippen LogP contribution in [0.1, 0.15) is 38.4 Å². The Bertz CT molecular complexity index is 491. The van der Waals surface area contributed by atoms with E-state index in [0.717, 1.165) is 42.5 Å². The number of aryl methyl sites for hydroxylation is 1. The van der Waals surface area contributed by atoms with Crippen LogP contribution in [0.25, 0.3) is 0 Å². The number of imidazole rings is 1. The van der Waals surface area contributed by atoms with E-state index < -0.39 is 0 Å². The number of nitrogens with zero attached hydrogens (tertiary/aromatic N) is 2. The summed E-state index contributed by atoms with van der Waals surface area (Å²) in [5, 5.41) is 0. The van der Waals surface area contributed by atoms with Crippen LogP contribution in [0.3, 0.4) is 0 Å². The van der Waals surface area contributed by atoms with Gasteiger partial charge in [-0.15, -0.1) is 0 Å². The molecule has 0 spiro atoms. The fourth-order valence-corrected chi connectivity index (χ4v) is 4.98. The van der Waals surface area contributed by atoms with E-state index in [9.17, 15) is 4.79 Å². The molecular formula is C16H22N2O. The van der Waals surface area contributed by atoms with Gasteiger partial charge < -0.3 is 4.57 Å². The minimum absolute atomic E-state index is 0.401. The quantitative estimate of drug-likeness (QED) is 0.814. The van der Waals surface area contributed by atoms with Crippen molar-refractivity contribution in [1.82, 2.24) is 9.55 Å². The molecule has 3 aliphatic rings. The highest BCUT2D eigenvalue weighted by atomic mass is 16.1. The molecule has 102 valence electrons. The molecule has 0 amide bonds. The van der Waals surface area contributed by atoms with Crippen LogP contribution < -0.4 is 0 Å². The molecule has 3 aliphatic carbocycles. The average Bonchev–Trinajstić information content (AvgIpc) is 2.75. The van der Waals surface area contributed by atoms with Crippen molar-refractivity contribution in [3.63, 3.8) is 0 Å². The highest BCUT2D eigenvalue weighted by molar-refractivity contribution is 5.86. The Morgan fingerprint density at radius 1 is 1.37 bits per heavy atom. The Labute approximate surface area is 114 Å². The number of ketones is 1. The van der Waals surface area contributed by atoms with Gasteiger partial charge in [-0.25, -0.2) is 4.98 Å². The van der Waals surface area contributed by atoms with Crippen molar-refractivity contribution in [3.8, 4) is 0 Å². The van der Waals surface area contributed by atoms with Crippen LogP contribution in [0.15, 0.2) is 12.4 Å². The molecule has 0 N–H and O–H groups in total. The largest absolute Gasteiger partial charge is 0.335 e. The summed E-state index contributed by atoms with van der Waals surface area (Å²) in [4.78, 5) is 16.9. The van der Waals surface area contributed by atoms with Crippen LogP contribution in [0.5, 0.6) is 0 Å². The fourth-order valence-electron chi connectivity index (χ4n) is 4.98. The Kier molecular flexibility index (Phi) is 2.58. The first-order valence-electron chi connectivity index (χ1n) is 7.82. The fraction of sp³-hybridized carbons (Fsp3) is 0.750. The lowest BCUT2D eigenvalue weighted by atomic mass is 9.98. The molecular weight excluding hydrogens is 236 g/mol. The van der Waals surface area contributed by atoms with Crippen molar-refractivity contribution >= 4 is 5.78 Å². The van der Waals surface area contributed by atoms with Crippen LogP contribution in [0.4, 0.5) is 0 Å². The summed E-state index contributed by atoms with van der Waals surface area (Å²) >= 11 is 0. The monoisotopic (exact) mass is 258 g/mol. The van der Waals surface area contributed by atoms with Gasteiger partial charge in [0.05, 0.1) is 6.42 Å². The van der Waals surface area contributed by atoms with Crippen molar-refractivity contribution in [1.29, 1.82) is 0 Å². The van der Waals surface area contributed by atoms with E-state index in [1.54, 1.807) is 0 Å². The highest BCUT2D eigenvalue weighted by Gasteiger charge is 2.66. The SMILES string of the molecule is CCCn1ccnc1CC(=O)C1C2C3CCC(C3)C12. The van der Waals surface area contributed by atoms with Gasteiger partial charge in [-0.1, -0.05) is 6.92 Å².